The minimum Gasteiger partial charge on any atom is -0.497 e. The first-order valence-corrected chi connectivity index (χ1v) is 9.81. The SMILES string of the molecule is COc1ccc2[nH]cc(C(=O)c3sc(Nc4ccc(OC)c(OC)c4)nc3N)c2c1. The zero-order valence-corrected chi connectivity index (χ0v) is 17.4. The topological polar surface area (TPSA) is 111 Å². The molecule has 0 aliphatic carbocycles. The molecule has 0 fully saturated rings. The number of methoxy groups -OCH3 is 3. The lowest BCUT2D eigenvalue weighted by Crippen LogP contribution is -2.01. The highest BCUT2D eigenvalue weighted by molar-refractivity contribution is 7.18. The summed E-state index contributed by atoms with van der Waals surface area (Å²) >= 11 is 1.19. The van der Waals surface area contributed by atoms with E-state index in [1.807, 2.05) is 24.3 Å². The Balaban J connectivity index is 1.64. The summed E-state index contributed by atoms with van der Waals surface area (Å²) in [6.45, 7) is 0. The summed E-state index contributed by atoms with van der Waals surface area (Å²) in [5.41, 5.74) is 8.15. The fraction of sp³-hybridized carbons (Fsp3) is 0.143. The molecule has 154 valence electrons. The average Bonchev–Trinajstić information content (AvgIpc) is 3.35. The summed E-state index contributed by atoms with van der Waals surface area (Å²) in [6.07, 6.45) is 1.67. The van der Waals surface area contributed by atoms with Crippen LogP contribution in [0.25, 0.3) is 10.9 Å². The lowest BCUT2D eigenvalue weighted by molar-refractivity contribution is 0.104. The highest BCUT2D eigenvalue weighted by atomic mass is 32.1. The lowest BCUT2D eigenvalue weighted by atomic mass is 10.1. The van der Waals surface area contributed by atoms with E-state index in [0.29, 0.717) is 32.8 Å². The molecule has 9 heteroatoms. The highest BCUT2D eigenvalue weighted by Crippen LogP contribution is 2.35. The Hall–Kier alpha value is -3.72. The van der Waals surface area contributed by atoms with Gasteiger partial charge in [0, 0.05) is 34.4 Å². The molecule has 0 aliphatic heterocycles. The van der Waals surface area contributed by atoms with Crippen molar-refractivity contribution in [1.82, 2.24) is 9.97 Å². The maximum atomic E-state index is 13.2. The van der Waals surface area contributed by atoms with Gasteiger partial charge in [-0.25, -0.2) is 4.98 Å². The monoisotopic (exact) mass is 424 g/mol. The Morgan fingerprint density at radius 1 is 1.07 bits per heavy atom. The maximum Gasteiger partial charge on any atom is 0.208 e. The van der Waals surface area contributed by atoms with Gasteiger partial charge in [0.2, 0.25) is 5.78 Å². The molecule has 2 aromatic carbocycles. The van der Waals surface area contributed by atoms with Crippen molar-refractivity contribution in [2.75, 3.05) is 32.4 Å². The highest BCUT2D eigenvalue weighted by Gasteiger charge is 2.21. The summed E-state index contributed by atoms with van der Waals surface area (Å²) in [5, 5.41) is 4.42. The number of ketones is 1. The van der Waals surface area contributed by atoms with Gasteiger partial charge in [-0.2, -0.15) is 0 Å². The Morgan fingerprint density at radius 2 is 1.87 bits per heavy atom. The number of fused-ring (bicyclic) bond motifs is 1. The number of aromatic amines is 1. The van der Waals surface area contributed by atoms with Crippen LogP contribution in [0.4, 0.5) is 16.6 Å². The first kappa shape index (κ1) is 19.6. The first-order valence-electron chi connectivity index (χ1n) is 8.99. The molecule has 4 N–H and O–H groups in total. The molecule has 0 saturated heterocycles. The fourth-order valence-electron chi connectivity index (χ4n) is 3.12. The Kier molecular flexibility index (Phi) is 5.20. The van der Waals surface area contributed by atoms with Gasteiger partial charge in [0.1, 0.15) is 16.4 Å². The van der Waals surface area contributed by atoms with Gasteiger partial charge in [0.15, 0.2) is 16.6 Å². The predicted molar refractivity (Wildman–Crippen MR) is 118 cm³/mol. The zero-order chi connectivity index (χ0) is 21.3. The molecule has 0 spiro atoms. The van der Waals surface area contributed by atoms with Crippen LogP contribution in [0.1, 0.15) is 15.2 Å². The van der Waals surface area contributed by atoms with Gasteiger partial charge in [-0.05, 0) is 30.3 Å². The summed E-state index contributed by atoms with van der Waals surface area (Å²) in [6, 6.07) is 10.9. The van der Waals surface area contributed by atoms with E-state index in [2.05, 4.69) is 15.3 Å². The van der Waals surface area contributed by atoms with Crippen LogP contribution in [0.2, 0.25) is 0 Å². The summed E-state index contributed by atoms with van der Waals surface area (Å²) in [7, 11) is 4.73. The summed E-state index contributed by atoms with van der Waals surface area (Å²) < 4.78 is 15.8. The van der Waals surface area contributed by atoms with E-state index in [0.717, 1.165) is 16.6 Å². The van der Waals surface area contributed by atoms with E-state index < -0.39 is 0 Å². The average molecular weight is 424 g/mol. The van der Waals surface area contributed by atoms with Gasteiger partial charge >= 0.3 is 0 Å². The number of carbonyl (C=O) groups excluding carboxylic acids is 1. The van der Waals surface area contributed by atoms with Crippen LogP contribution in [-0.4, -0.2) is 37.1 Å². The minimum absolute atomic E-state index is 0.172. The van der Waals surface area contributed by atoms with E-state index in [-0.39, 0.29) is 11.6 Å². The second-order valence-electron chi connectivity index (χ2n) is 6.37. The number of ether oxygens (including phenoxy) is 3. The van der Waals surface area contributed by atoms with Crippen molar-refractivity contribution in [1.29, 1.82) is 0 Å². The third-order valence-corrected chi connectivity index (χ3v) is 5.61. The Bertz CT molecular complexity index is 1230. The van der Waals surface area contributed by atoms with Crippen molar-refractivity contribution in [2.45, 2.75) is 0 Å². The van der Waals surface area contributed by atoms with Crippen LogP contribution < -0.4 is 25.3 Å². The van der Waals surface area contributed by atoms with Crippen LogP contribution in [0.15, 0.2) is 42.6 Å². The van der Waals surface area contributed by atoms with Crippen LogP contribution in [0.3, 0.4) is 0 Å². The quantitative estimate of drug-likeness (QED) is 0.381. The number of nitrogen functional groups attached to an aromatic ring is 1. The molecule has 4 aromatic rings. The van der Waals surface area contributed by atoms with Crippen LogP contribution in [-0.2, 0) is 0 Å². The normalized spacial score (nSPS) is 10.8. The van der Waals surface area contributed by atoms with Crippen molar-refractivity contribution in [3.8, 4) is 17.2 Å². The van der Waals surface area contributed by atoms with E-state index >= 15 is 0 Å². The Morgan fingerprint density at radius 3 is 2.60 bits per heavy atom. The van der Waals surface area contributed by atoms with Gasteiger partial charge in [0.25, 0.3) is 0 Å². The number of aromatic nitrogens is 2. The number of thiazole rings is 1. The molecule has 0 saturated carbocycles. The third kappa shape index (κ3) is 3.50. The van der Waals surface area contributed by atoms with Crippen molar-refractivity contribution in [2.24, 2.45) is 0 Å². The summed E-state index contributed by atoms with van der Waals surface area (Å²) in [5.74, 6) is 1.84. The van der Waals surface area contributed by atoms with E-state index in [9.17, 15) is 4.79 Å². The molecule has 2 heterocycles. The van der Waals surface area contributed by atoms with Crippen LogP contribution in [0.5, 0.6) is 17.2 Å². The number of rotatable bonds is 7. The largest absolute Gasteiger partial charge is 0.497 e. The molecule has 30 heavy (non-hydrogen) atoms. The number of nitrogens with zero attached hydrogens (tertiary/aromatic N) is 1. The molecule has 8 nitrogen and oxygen atoms in total. The second-order valence-corrected chi connectivity index (χ2v) is 7.37. The molecule has 0 aliphatic rings. The Labute approximate surface area is 176 Å². The first-order chi connectivity index (χ1) is 14.5. The van der Waals surface area contributed by atoms with Crippen molar-refractivity contribution in [3.63, 3.8) is 0 Å². The van der Waals surface area contributed by atoms with Gasteiger partial charge in [-0.1, -0.05) is 11.3 Å². The smallest absolute Gasteiger partial charge is 0.208 e. The van der Waals surface area contributed by atoms with Crippen molar-refractivity contribution in [3.05, 3.63) is 53.0 Å². The van der Waals surface area contributed by atoms with E-state index in [4.69, 9.17) is 19.9 Å². The van der Waals surface area contributed by atoms with Crippen molar-refractivity contribution >= 4 is 44.7 Å². The zero-order valence-electron chi connectivity index (χ0n) is 16.6. The minimum atomic E-state index is -0.204. The molecule has 0 bridgehead atoms. The summed E-state index contributed by atoms with van der Waals surface area (Å²) in [4.78, 5) is 20.9. The van der Waals surface area contributed by atoms with Gasteiger partial charge in [-0.15, -0.1) is 0 Å². The second kappa shape index (κ2) is 7.96. The van der Waals surface area contributed by atoms with Crippen LogP contribution >= 0.6 is 11.3 Å². The molecule has 0 radical (unpaired) electrons. The van der Waals surface area contributed by atoms with E-state index in [1.54, 1.807) is 39.7 Å². The molecular formula is C21H20N4O4S. The number of hydrogen-bond acceptors (Lipinski definition) is 8. The number of nitrogens with two attached hydrogens (primary N) is 1. The molecule has 4 rings (SSSR count). The number of nitrogens with one attached hydrogen (secondary N) is 2. The number of H-pyrrole nitrogens is 1. The molecule has 0 atom stereocenters. The van der Waals surface area contributed by atoms with Gasteiger partial charge in [0.05, 0.1) is 21.3 Å². The van der Waals surface area contributed by atoms with Gasteiger partial charge in [-0.3, -0.25) is 4.79 Å². The van der Waals surface area contributed by atoms with Crippen molar-refractivity contribution < 1.29 is 19.0 Å². The molecule has 0 unspecified atom stereocenters. The molecular weight excluding hydrogens is 404 g/mol. The fourth-order valence-corrected chi connectivity index (χ4v) is 3.98. The molecule has 0 amide bonds. The molecule has 2 aromatic heterocycles. The predicted octanol–water partition coefficient (Wildman–Crippen LogP) is 4.21. The number of carbonyl (C=O) groups is 1. The standard InChI is InChI=1S/C21H20N4O4S/c1-27-12-5-6-15-13(9-12)14(10-23-15)18(26)19-20(22)25-21(30-19)24-11-4-7-16(28-2)17(8-11)29-3/h4-10,23H,22H2,1-3H3,(H,24,25). The van der Waals surface area contributed by atoms with Crippen LogP contribution in [0, 0.1) is 0 Å². The lowest BCUT2D eigenvalue weighted by Gasteiger charge is -2.09. The van der Waals surface area contributed by atoms with Gasteiger partial charge < -0.3 is 30.2 Å². The maximum absolute atomic E-state index is 13.2. The number of benzene rings is 2. The third-order valence-electron chi connectivity index (χ3n) is 4.63. The number of hydrogen-bond donors (Lipinski definition) is 3. The number of anilines is 3. The van der Waals surface area contributed by atoms with E-state index in [1.165, 1.54) is 11.3 Å².